The standard InChI is InChI=1S/C16H29N3O2.ClH/c1-12(2)14(20)19-9-5-13(6-10-19)18-15(21)16(11-17)7-3-4-8-16;/h12-13H,3-11,17H2,1-2H3,(H,18,21);1H. The largest absolute Gasteiger partial charge is 0.353 e. The lowest BCUT2D eigenvalue weighted by atomic mass is 9.84. The first kappa shape index (κ1) is 19.2. The van der Waals surface area contributed by atoms with E-state index in [2.05, 4.69) is 5.32 Å². The molecule has 2 fully saturated rings. The molecule has 0 spiro atoms. The zero-order valence-electron chi connectivity index (χ0n) is 13.8. The zero-order chi connectivity index (χ0) is 15.5. The zero-order valence-corrected chi connectivity index (χ0v) is 14.6. The monoisotopic (exact) mass is 331 g/mol. The molecule has 0 unspecified atom stereocenters. The van der Waals surface area contributed by atoms with Crippen LogP contribution in [0, 0.1) is 11.3 Å². The first-order valence-corrected chi connectivity index (χ1v) is 8.28. The SMILES string of the molecule is CC(C)C(=O)N1CCC(NC(=O)C2(CN)CCCC2)CC1.Cl. The number of hydrogen-bond donors (Lipinski definition) is 2. The number of piperidine rings is 1. The van der Waals surface area contributed by atoms with E-state index in [0.29, 0.717) is 6.54 Å². The first-order chi connectivity index (χ1) is 9.98. The van der Waals surface area contributed by atoms with Crippen LogP contribution in [-0.4, -0.2) is 42.4 Å². The van der Waals surface area contributed by atoms with Crippen molar-refractivity contribution in [3.05, 3.63) is 0 Å². The Labute approximate surface area is 139 Å². The summed E-state index contributed by atoms with van der Waals surface area (Å²) < 4.78 is 0. The highest BCUT2D eigenvalue weighted by molar-refractivity contribution is 5.85. The molecule has 1 saturated carbocycles. The molecule has 22 heavy (non-hydrogen) atoms. The van der Waals surface area contributed by atoms with Gasteiger partial charge in [-0.2, -0.15) is 0 Å². The number of amides is 2. The molecule has 0 aromatic carbocycles. The number of likely N-dealkylation sites (tertiary alicyclic amines) is 1. The predicted molar refractivity (Wildman–Crippen MR) is 89.8 cm³/mol. The average molecular weight is 332 g/mol. The van der Waals surface area contributed by atoms with Gasteiger partial charge in [-0.25, -0.2) is 0 Å². The molecule has 1 aliphatic heterocycles. The van der Waals surface area contributed by atoms with Crippen LogP contribution in [-0.2, 0) is 9.59 Å². The maximum absolute atomic E-state index is 12.5. The van der Waals surface area contributed by atoms with Gasteiger partial charge in [0.1, 0.15) is 0 Å². The second kappa shape index (κ2) is 8.16. The van der Waals surface area contributed by atoms with Crippen molar-refractivity contribution < 1.29 is 9.59 Å². The molecule has 6 heteroatoms. The maximum Gasteiger partial charge on any atom is 0.227 e. The predicted octanol–water partition coefficient (Wildman–Crippen LogP) is 1.69. The number of carbonyl (C=O) groups excluding carboxylic acids is 2. The Hall–Kier alpha value is -0.810. The minimum atomic E-state index is -0.328. The van der Waals surface area contributed by atoms with E-state index in [-0.39, 0.29) is 41.6 Å². The van der Waals surface area contributed by atoms with Crippen molar-refractivity contribution in [2.75, 3.05) is 19.6 Å². The first-order valence-electron chi connectivity index (χ1n) is 8.28. The van der Waals surface area contributed by atoms with Crippen molar-refractivity contribution in [2.24, 2.45) is 17.1 Å². The summed E-state index contributed by atoms with van der Waals surface area (Å²) in [6, 6.07) is 0.192. The minimum absolute atomic E-state index is 0. The Morgan fingerprint density at radius 1 is 1.23 bits per heavy atom. The van der Waals surface area contributed by atoms with Crippen molar-refractivity contribution >= 4 is 24.2 Å². The van der Waals surface area contributed by atoms with Crippen molar-refractivity contribution in [3.8, 4) is 0 Å². The Morgan fingerprint density at radius 3 is 2.23 bits per heavy atom. The molecule has 0 atom stereocenters. The number of nitrogens with two attached hydrogens (primary N) is 1. The van der Waals surface area contributed by atoms with Crippen LogP contribution >= 0.6 is 12.4 Å². The topological polar surface area (TPSA) is 75.4 Å². The normalized spacial score (nSPS) is 21.5. The van der Waals surface area contributed by atoms with E-state index >= 15 is 0 Å². The lowest BCUT2D eigenvalue weighted by Gasteiger charge is -2.35. The van der Waals surface area contributed by atoms with Gasteiger partial charge in [0.15, 0.2) is 0 Å². The second-order valence-electron chi connectivity index (χ2n) is 6.92. The smallest absolute Gasteiger partial charge is 0.227 e. The third-order valence-electron chi connectivity index (χ3n) is 5.07. The van der Waals surface area contributed by atoms with Crippen LogP contribution in [0.15, 0.2) is 0 Å². The Balaban J connectivity index is 0.00000242. The molecule has 0 aromatic rings. The summed E-state index contributed by atoms with van der Waals surface area (Å²) in [7, 11) is 0. The lowest BCUT2D eigenvalue weighted by Crippen LogP contribution is -2.52. The van der Waals surface area contributed by atoms with Crippen LogP contribution in [0.4, 0.5) is 0 Å². The van der Waals surface area contributed by atoms with E-state index < -0.39 is 0 Å². The molecular weight excluding hydrogens is 302 g/mol. The molecule has 2 rings (SSSR count). The van der Waals surface area contributed by atoms with Crippen LogP contribution in [0.25, 0.3) is 0 Å². The van der Waals surface area contributed by atoms with Gasteiger partial charge in [-0.1, -0.05) is 26.7 Å². The van der Waals surface area contributed by atoms with Crippen molar-refractivity contribution in [2.45, 2.75) is 58.4 Å². The maximum atomic E-state index is 12.5. The van der Waals surface area contributed by atoms with E-state index in [9.17, 15) is 9.59 Å². The fourth-order valence-corrected chi connectivity index (χ4v) is 3.52. The molecular formula is C16H30ClN3O2. The Bertz CT molecular complexity index is 387. The molecule has 1 heterocycles. The minimum Gasteiger partial charge on any atom is -0.353 e. The quantitative estimate of drug-likeness (QED) is 0.823. The number of halogens is 1. The molecule has 1 saturated heterocycles. The molecule has 0 aromatic heterocycles. The third-order valence-corrected chi connectivity index (χ3v) is 5.07. The van der Waals surface area contributed by atoms with Gasteiger partial charge >= 0.3 is 0 Å². The van der Waals surface area contributed by atoms with Crippen molar-refractivity contribution in [1.82, 2.24) is 10.2 Å². The fraction of sp³-hybridized carbons (Fsp3) is 0.875. The van der Waals surface area contributed by atoms with Crippen molar-refractivity contribution in [1.29, 1.82) is 0 Å². The van der Waals surface area contributed by atoms with E-state index in [0.717, 1.165) is 51.6 Å². The summed E-state index contributed by atoms with van der Waals surface area (Å²) in [6.45, 7) is 5.81. The highest BCUT2D eigenvalue weighted by Gasteiger charge is 2.40. The van der Waals surface area contributed by atoms with E-state index in [1.165, 1.54) is 0 Å². The van der Waals surface area contributed by atoms with E-state index in [1.54, 1.807) is 0 Å². The van der Waals surface area contributed by atoms with Crippen LogP contribution in [0.1, 0.15) is 52.4 Å². The summed E-state index contributed by atoms with van der Waals surface area (Å²) in [5.41, 5.74) is 5.53. The van der Waals surface area contributed by atoms with Gasteiger partial charge < -0.3 is 16.0 Å². The lowest BCUT2D eigenvalue weighted by molar-refractivity contribution is -0.136. The number of hydrogen-bond acceptors (Lipinski definition) is 3. The summed E-state index contributed by atoms with van der Waals surface area (Å²) in [6.07, 6.45) is 5.74. The molecule has 1 aliphatic carbocycles. The number of carbonyl (C=O) groups is 2. The molecule has 2 aliphatic rings. The summed E-state index contributed by atoms with van der Waals surface area (Å²) in [5, 5.41) is 3.18. The van der Waals surface area contributed by atoms with E-state index in [1.807, 2.05) is 18.7 Å². The van der Waals surface area contributed by atoms with Gasteiger partial charge in [-0.3, -0.25) is 9.59 Å². The van der Waals surface area contributed by atoms with Gasteiger partial charge in [0.05, 0.1) is 5.41 Å². The highest BCUT2D eigenvalue weighted by Crippen LogP contribution is 2.37. The fourth-order valence-electron chi connectivity index (χ4n) is 3.52. The van der Waals surface area contributed by atoms with Crippen LogP contribution in [0.5, 0.6) is 0 Å². The second-order valence-corrected chi connectivity index (χ2v) is 6.92. The Kier molecular flexibility index (Phi) is 7.13. The number of rotatable bonds is 4. The number of nitrogens with one attached hydrogen (secondary N) is 1. The molecule has 128 valence electrons. The van der Waals surface area contributed by atoms with Gasteiger partial charge in [0.2, 0.25) is 11.8 Å². The average Bonchev–Trinajstić information content (AvgIpc) is 2.97. The highest BCUT2D eigenvalue weighted by atomic mass is 35.5. The molecule has 0 radical (unpaired) electrons. The summed E-state index contributed by atoms with van der Waals surface area (Å²) in [5.74, 6) is 0.403. The summed E-state index contributed by atoms with van der Waals surface area (Å²) >= 11 is 0. The summed E-state index contributed by atoms with van der Waals surface area (Å²) in [4.78, 5) is 26.4. The molecule has 3 N–H and O–H groups in total. The van der Waals surface area contributed by atoms with Crippen LogP contribution < -0.4 is 11.1 Å². The van der Waals surface area contributed by atoms with Gasteiger partial charge in [-0.05, 0) is 25.7 Å². The van der Waals surface area contributed by atoms with Crippen molar-refractivity contribution in [3.63, 3.8) is 0 Å². The third kappa shape index (κ3) is 4.13. The molecule has 0 bridgehead atoms. The number of nitrogens with zero attached hydrogens (tertiary/aromatic N) is 1. The van der Waals surface area contributed by atoms with Crippen LogP contribution in [0.2, 0.25) is 0 Å². The van der Waals surface area contributed by atoms with Gasteiger partial charge in [0, 0.05) is 31.6 Å². The molecule has 2 amide bonds. The van der Waals surface area contributed by atoms with Gasteiger partial charge in [0.25, 0.3) is 0 Å². The van der Waals surface area contributed by atoms with Gasteiger partial charge in [-0.15, -0.1) is 12.4 Å². The Morgan fingerprint density at radius 2 is 1.77 bits per heavy atom. The van der Waals surface area contributed by atoms with E-state index in [4.69, 9.17) is 5.73 Å². The van der Waals surface area contributed by atoms with Crippen LogP contribution in [0.3, 0.4) is 0 Å². The molecule has 5 nitrogen and oxygen atoms in total.